The molecule has 3 amide bonds. The van der Waals surface area contributed by atoms with Gasteiger partial charge in [-0.05, 0) is 51.0 Å². The first-order chi connectivity index (χ1) is 15.8. The fraction of sp³-hybridized carbons (Fsp3) is 0.560. The molecule has 0 radical (unpaired) electrons. The van der Waals surface area contributed by atoms with Crippen LogP contribution in [0, 0.1) is 23.7 Å². The van der Waals surface area contributed by atoms with Gasteiger partial charge in [0.15, 0.2) is 0 Å². The smallest absolute Gasteiger partial charge is 0.247 e. The summed E-state index contributed by atoms with van der Waals surface area (Å²) in [6, 6.07) is 6.28. The minimum absolute atomic E-state index is 0.129. The van der Waals surface area contributed by atoms with Crippen molar-refractivity contribution in [1.82, 2.24) is 10.2 Å². The van der Waals surface area contributed by atoms with Crippen LogP contribution < -0.4 is 15.5 Å². The summed E-state index contributed by atoms with van der Waals surface area (Å²) >= 11 is 0. The van der Waals surface area contributed by atoms with Crippen LogP contribution in [0.15, 0.2) is 36.4 Å². The topological polar surface area (TPSA) is 102 Å². The second-order valence-electron chi connectivity index (χ2n) is 8.92. The normalized spacial score (nSPS) is 27.2. The van der Waals surface area contributed by atoms with E-state index in [1.54, 1.807) is 14.0 Å². The van der Waals surface area contributed by atoms with Crippen molar-refractivity contribution in [1.29, 1.82) is 0 Å². The van der Waals surface area contributed by atoms with Gasteiger partial charge in [-0.2, -0.15) is 0 Å². The SMILES string of the molecule is CCN(CC)c1ccc(NC(=O)[C@@H]2[C@H]3C=C[C@@H](C)[C@@H](C(=O)NC)[C@H]3C(=O)N2[C@H](C)CO)cc1. The van der Waals surface area contributed by atoms with Gasteiger partial charge in [-0.3, -0.25) is 14.4 Å². The molecule has 0 aromatic heterocycles. The number of amides is 3. The number of nitrogens with one attached hydrogen (secondary N) is 2. The van der Waals surface area contributed by atoms with Crippen LogP contribution in [-0.4, -0.2) is 66.6 Å². The zero-order chi connectivity index (χ0) is 24.3. The maximum absolute atomic E-state index is 13.5. The molecule has 3 N–H and O–H groups in total. The molecule has 0 unspecified atom stereocenters. The van der Waals surface area contributed by atoms with Crippen LogP contribution in [0.5, 0.6) is 0 Å². The van der Waals surface area contributed by atoms with Gasteiger partial charge in [-0.1, -0.05) is 19.1 Å². The summed E-state index contributed by atoms with van der Waals surface area (Å²) in [5.41, 5.74) is 1.71. The largest absolute Gasteiger partial charge is 0.394 e. The Hall–Kier alpha value is -2.87. The lowest BCUT2D eigenvalue weighted by Gasteiger charge is -2.32. The number of anilines is 2. The molecule has 1 saturated heterocycles. The zero-order valence-corrected chi connectivity index (χ0v) is 20.1. The van der Waals surface area contributed by atoms with Crippen LogP contribution in [0.3, 0.4) is 0 Å². The van der Waals surface area contributed by atoms with Crippen molar-refractivity contribution < 1.29 is 19.5 Å². The molecule has 0 saturated carbocycles. The van der Waals surface area contributed by atoms with Crippen LogP contribution in [0.1, 0.15) is 27.7 Å². The highest BCUT2D eigenvalue weighted by Crippen LogP contribution is 2.44. The lowest BCUT2D eigenvalue weighted by atomic mass is 9.70. The average Bonchev–Trinajstić information content (AvgIpc) is 3.12. The summed E-state index contributed by atoms with van der Waals surface area (Å²) in [7, 11) is 1.56. The van der Waals surface area contributed by atoms with E-state index in [0.717, 1.165) is 18.8 Å². The third-order valence-corrected chi connectivity index (χ3v) is 7.03. The minimum Gasteiger partial charge on any atom is -0.394 e. The molecule has 1 fully saturated rings. The number of aliphatic hydroxyl groups is 1. The first-order valence-corrected chi connectivity index (χ1v) is 11.8. The van der Waals surface area contributed by atoms with Crippen LogP contribution >= 0.6 is 0 Å². The number of carbonyl (C=O) groups excluding carboxylic acids is 3. The molecule has 3 rings (SSSR count). The number of likely N-dealkylation sites (tertiary alicyclic amines) is 1. The summed E-state index contributed by atoms with van der Waals surface area (Å²) in [5, 5.41) is 15.4. The fourth-order valence-corrected chi connectivity index (χ4v) is 5.23. The number of carbonyl (C=O) groups is 3. The van der Waals surface area contributed by atoms with Crippen molar-refractivity contribution in [3.8, 4) is 0 Å². The highest BCUT2D eigenvalue weighted by molar-refractivity contribution is 6.02. The van der Waals surface area contributed by atoms with Crippen molar-refractivity contribution in [2.24, 2.45) is 23.7 Å². The first kappa shape index (κ1) is 24.8. The number of fused-ring (bicyclic) bond motifs is 1. The Labute approximate surface area is 196 Å². The molecular weight excluding hydrogens is 420 g/mol. The van der Waals surface area contributed by atoms with Gasteiger partial charge >= 0.3 is 0 Å². The van der Waals surface area contributed by atoms with E-state index in [4.69, 9.17) is 0 Å². The molecule has 180 valence electrons. The summed E-state index contributed by atoms with van der Waals surface area (Å²) in [6.07, 6.45) is 3.81. The van der Waals surface area contributed by atoms with E-state index >= 15 is 0 Å². The van der Waals surface area contributed by atoms with E-state index in [0.29, 0.717) is 5.69 Å². The van der Waals surface area contributed by atoms with Crippen LogP contribution in [0.2, 0.25) is 0 Å². The van der Waals surface area contributed by atoms with Crippen LogP contribution in [-0.2, 0) is 14.4 Å². The molecule has 0 spiro atoms. The molecule has 2 aliphatic rings. The van der Waals surface area contributed by atoms with E-state index in [1.807, 2.05) is 43.3 Å². The summed E-state index contributed by atoms with van der Waals surface area (Å²) in [4.78, 5) is 43.3. The number of nitrogens with zero attached hydrogens (tertiary/aromatic N) is 2. The predicted octanol–water partition coefficient (Wildman–Crippen LogP) is 1.86. The fourth-order valence-electron chi connectivity index (χ4n) is 5.23. The van der Waals surface area contributed by atoms with E-state index < -0.39 is 29.8 Å². The van der Waals surface area contributed by atoms with Crippen LogP contribution in [0.4, 0.5) is 11.4 Å². The van der Waals surface area contributed by atoms with Gasteiger partial charge in [0.2, 0.25) is 17.7 Å². The molecule has 1 aromatic carbocycles. The Balaban J connectivity index is 1.90. The standard InChI is InChI=1S/C25H36N4O4/c1-6-28(7-2)18-11-9-17(10-12-18)27-24(32)22-19-13-8-15(3)20(23(31)26-5)21(19)25(33)29(22)16(4)14-30/h8-13,15-16,19-22,30H,6-7,14H2,1-5H3,(H,26,31)(H,27,32)/t15-,16-,19+,20-,21+,22+/m1/s1. The van der Waals surface area contributed by atoms with E-state index in [2.05, 4.69) is 29.4 Å². The number of benzene rings is 1. The molecule has 6 atom stereocenters. The Morgan fingerprint density at radius 2 is 1.76 bits per heavy atom. The van der Waals surface area contributed by atoms with Crippen molar-refractivity contribution in [2.45, 2.75) is 39.8 Å². The average molecular weight is 457 g/mol. The highest BCUT2D eigenvalue weighted by atomic mass is 16.3. The third kappa shape index (κ3) is 4.62. The quantitative estimate of drug-likeness (QED) is 0.519. The summed E-state index contributed by atoms with van der Waals surface area (Å²) in [5.74, 6) is -2.56. The maximum Gasteiger partial charge on any atom is 0.247 e. The van der Waals surface area contributed by atoms with Crippen molar-refractivity contribution in [3.05, 3.63) is 36.4 Å². The number of hydrogen-bond acceptors (Lipinski definition) is 5. The van der Waals surface area contributed by atoms with Crippen LogP contribution in [0.25, 0.3) is 0 Å². The number of allylic oxidation sites excluding steroid dienone is 1. The molecule has 8 nitrogen and oxygen atoms in total. The molecule has 33 heavy (non-hydrogen) atoms. The molecule has 0 bridgehead atoms. The van der Waals surface area contributed by atoms with Gasteiger partial charge in [-0.25, -0.2) is 0 Å². The first-order valence-electron chi connectivity index (χ1n) is 11.8. The second kappa shape index (κ2) is 10.4. The van der Waals surface area contributed by atoms with Gasteiger partial charge in [0.25, 0.3) is 0 Å². The Bertz CT molecular complexity index is 896. The van der Waals surface area contributed by atoms with Gasteiger partial charge in [0.1, 0.15) is 6.04 Å². The summed E-state index contributed by atoms with van der Waals surface area (Å²) in [6.45, 7) is 9.32. The van der Waals surface area contributed by atoms with Crippen molar-refractivity contribution in [2.75, 3.05) is 37.0 Å². The van der Waals surface area contributed by atoms with E-state index in [9.17, 15) is 19.5 Å². The molecule has 1 heterocycles. The Kier molecular flexibility index (Phi) is 7.79. The second-order valence-corrected chi connectivity index (χ2v) is 8.92. The van der Waals surface area contributed by atoms with Crippen molar-refractivity contribution in [3.63, 3.8) is 0 Å². The van der Waals surface area contributed by atoms with Gasteiger partial charge in [0.05, 0.1) is 24.5 Å². The Morgan fingerprint density at radius 1 is 1.12 bits per heavy atom. The number of rotatable bonds is 8. The Morgan fingerprint density at radius 3 is 2.30 bits per heavy atom. The molecule has 1 aliphatic heterocycles. The van der Waals surface area contributed by atoms with Gasteiger partial charge in [0, 0.05) is 37.4 Å². The van der Waals surface area contributed by atoms with E-state index in [-0.39, 0.29) is 30.2 Å². The predicted molar refractivity (Wildman–Crippen MR) is 129 cm³/mol. The molecule has 8 heteroatoms. The maximum atomic E-state index is 13.5. The lowest BCUT2D eigenvalue weighted by Crippen LogP contribution is -2.49. The molecular formula is C25H36N4O4. The highest BCUT2D eigenvalue weighted by Gasteiger charge is 2.57. The van der Waals surface area contributed by atoms with E-state index in [1.165, 1.54) is 4.90 Å². The number of hydrogen-bond donors (Lipinski definition) is 3. The zero-order valence-electron chi connectivity index (χ0n) is 20.1. The summed E-state index contributed by atoms with van der Waals surface area (Å²) < 4.78 is 0. The lowest BCUT2D eigenvalue weighted by molar-refractivity contribution is -0.142. The minimum atomic E-state index is -0.803. The third-order valence-electron chi connectivity index (χ3n) is 7.03. The monoisotopic (exact) mass is 456 g/mol. The number of aliphatic hydroxyl groups excluding tert-OH is 1. The van der Waals surface area contributed by atoms with Gasteiger partial charge < -0.3 is 25.5 Å². The van der Waals surface area contributed by atoms with Crippen molar-refractivity contribution >= 4 is 29.1 Å². The van der Waals surface area contributed by atoms with Gasteiger partial charge in [-0.15, -0.1) is 0 Å². The molecule has 1 aliphatic carbocycles. The molecule has 1 aromatic rings.